The molecule has 0 saturated heterocycles. The van der Waals surface area contributed by atoms with Crippen LogP contribution in [0.3, 0.4) is 0 Å². The van der Waals surface area contributed by atoms with Crippen molar-refractivity contribution < 1.29 is 33.8 Å². The van der Waals surface area contributed by atoms with E-state index in [0.29, 0.717) is 0 Å². The summed E-state index contributed by atoms with van der Waals surface area (Å²) in [6.07, 6.45) is 0. The van der Waals surface area contributed by atoms with Crippen LogP contribution in [0.1, 0.15) is 38.0 Å². The van der Waals surface area contributed by atoms with Gasteiger partial charge < -0.3 is 24.7 Å². The zero-order valence-corrected chi connectivity index (χ0v) is 13.2. The predicted molar refractivity (Wildman–Crippen MR) is 84.0 cm³/mol. The first-order valence-corrected chi connectivity index (χ1v) is 6.86. The van der Waals surface area contributed by atoms with Crippen molar-refractivity contribution in [2.45, 2.75) is 6.92 Å². The van der Waals surface area contributed by atoms with Crippen LogP contribution < -0.4 is 10.9 Å². The Labute approximate surface area is 140 Å². The highest BCUT2D eigenvalue weighted by molar-refractivity contribution is 6.10. The van der Waals surface area contributed by atoms with Gasteiger partial charge in [0.2, 0.25) is 0 Å². The van der Waals surface area contributed by atoms with E-state index >= 15 is 0 Å². The molecule has 1 amide bonds. The summed E-state index contributed by atoms with van der Waals surface area (Å²) >= 11 is 0. The molecule has 0 saturated carbocycles. The first-order chi connectivity index (χ1) is 11.8. The van der Waals surface area contributed by atoms with E-state index in [9.17, 15) is 29.4 Å². The van der Waals surface area contributed by atoms with E-state index in [1.165, 1.54) is 31.4 Å². The topological polar surface area (TPSA) is 143 Å². The first-order valence-electron chi connectivity index (χ1n) is 6.86. The standard InChI is InChI=1S/C16H13NO8/c1-7(18)10-12(19)11(16(23)25-15(10)22)13(20)17-9-5-3-8(4-6-9)14(21)24-2/h3-6,19,23H,1-2H3,(H,17,20). The monoisotopic (exact) mass is 347 g/mol. The number of methoxy groups -OCH3 is 1. The van der Waals surface area contributed by atoms with E-state index in [1.807, 2.05) is 0 Å². The molecule has 9 nitrogen and oxygen atoms in total. The van der Waals surface area contributed by atoms with Crippen LogP contribution in [0.4, 0.5) is 5.69 Å². The maximum Gasteiger partial charge on any atom is 0.353 e. The number of benzene rings is 1. The van der Waals surface area contributed by atoms with E-state index in [0.717, 1.165) is 6.92 Å². The third-order valence-corrected chi connectivity index (χ3v) is 3.22. The van der Waals surface area contributed by atoms with Gasteiger partial charge in [0.15, 0.2) is 17.1 Å². The lowest BCUT2D eigenvalue weighted by Crippen LogP contribution is -2.18. The maximum atomic E-state index is 12.2. The molecule has 0 radical (unpaired) electrons. The number of hydrogen-bond donors (Lipinski definition) is 3. The largest absolute Gasteiger partial charge is 0.506 e. The van der Waals surface area contributed by atoms with Gasteiger partial charge in [0, 0.05) is 5.69 Å². The summed E-state index contributed by atoms with van der Waals surface area (Å²) in [7, 11) is 1.22. The number of carbonyl (C=O) groups is 3. The van der Waals surface area contributed by atoms with Crippen molar-refractivity contribution in [1.29, 1.82) is 0 Å². The predicted octanol–water partition coefficient (Wildman–Crippen LogP) is 1.29. The van der Waals surface area contributed by atoms with Crippen LogP contribution in [0.5, 0.6) is 11.7 Å². The summed E-state index contributed by atoms with van der Waals surface area (Å²) in [6, 6.07) is 5.52. The molecule has 0 spiro atoms. The molecule has 0 aliphatic heterocycles. The molecule has 0 aliphatic rings. The molecule has 1 heterocycles. The molecular weight excluding hydrogens is 334 g/mol. The third-order valence-electron chi connectivity index (χ3n) is 3.22. The summed E-state index contributed by atoms with van der Waals surface area (Å²) in [5.41, 5.74) is -2.31. The molecule has 2 rings (SSSR count). The molecule has 0 unspecified atom stereocenters. The summed E-state index contributed by atoms with van der Waals surface area (Å²) in [4.78, 5) is 46.4. The van der Waals surface area contributed by atoms with E-state index in [-0.39, 0.29) is 11.3 Å². The van der Waals surface area contributed by atoms with Crippen LogP contribution in [0, 0.1) is 0 Å². The van der Waals surface area contributed by atoms with Gasteiger partial charge in [-0.3, -0.25) is 9.59 Å². The number of aromatic hydroxyl groups is 2. The van der Waals surface area contributed by atoms with Gasteiger partial charge in [-0.05, 0) is 31.2 Å². The molecule has 130 valence electrons. The Hall–Kier alpha value is -3.62. The van der Waals surface area contributed by atoms with Crippen molar-refractivity contribution >= 4 is 23.3 Å². The van der Waals surface area contributed by atoms with Gasteiger partial charge in [-0.1, -0.05) is 0 Å². The van der Waals surface area contributed by atoms with Gasteiger partial charge in [0.05, 0.1) is 12.7 Å². The minimum atomic E-state index is -1.26. The molecule has 0 bridgehead atoms. The normalized spacial score (nSPS) is 10.2. The van der Waals surface area contributed by atoms with Crippen LogP contribution in [0.25, 0.3) is 0 Å². The van der Waals surface area contributed by atoms with E-state index < -0.39 is 46.1 Å². The fourth-order valence-corrected chi connectivity index (χ4v) is 2.03. The van der Waals surface area contributed by atoms with Gasteiger partial charge in [-0.2, -0.15) is 0 Å². The number of carbonyl (C=O) groups excluding carboxylic acids is 3. The fraction of sp³-hybridized carbons (Fsp3) is 0.125. The molecule has 0 atom stereocenters. The number of esters is 1. The van der Waals surface area contributed by atoms with Crippen LogP contribution in [-0.2, 0) is 4.74 Å². The van der Waals surface area contributed by atoms with E-state index in [2.05, 4.69) is 14.5 Å². The second-order valence-corrected chi connectivity index (χ2v) is 4.87. The van der Waals surface area contributed by atoms with Crippen molar-refractivity contribution in [1.82, 2.24) is 0 Å². The van der Waals surface area contributed by atoms with Crippen LogP contribution >= 0.6 is 0 Å². The zero-order chi connectivity index (χ0) is 18.7. The highest BCUT2D eigenvalue weighted by Gasteiger charge is 2.27. The van der Waals surface area contributed by atoms with Gasteiger partial charge in [0.25, 0.3) is 5.91 Å². The second kappa shape index (κ2) is 6.87. The number of Topliss-reactive ketones (excluding diaryl/α,β-unsaturated/α-hetero) is 1. The molecular formula is C16H13NO8. The number of amides is 1. The summed E-state index contributed by atoms with van der Waals surface area (Å²) in [5, 5.41) is 21.9. The fourth-order valence-electron chi connectivity index (χ4n) is 2.03. The average Bonchev–Trinajstić information content (AvgIpc) is 2.53. The Morgan fingerprint density at radius 1 is 1.08 bits per heavy atom. The Balaban J connectivity index is 2.36. The molecule has 1 aromatic heterocycles. The molecule has 25 heavy (non-hydrogen) atoms. The number of rotatable bonds is 4. The molecule has 0 aliphatic carbocycles. The summed E-state index contributed by atoms with van der Waals surface area (Å²) < 4.78 is 8.94. The number of anilines is 1. The Kier molecular flexibility index (Phi) is 4.87. The molecule has 0 fully saturated rings. The number of hydrogen-bond acceptors (Lipinski definition) is 8. The van der Waals surface area contributed by atoms with Gasteiger partial charge in [-0.15, -0.1) is 0 Å². The average molecular weight is 347 g/mol. The lowest BCUT2D eigenvalue weighted by atomic mass is 10.1. The van der Waals surface area contributed by atoms with Crippen molar-refractivity contribution in [3.63, 3.8) is 0 Å². The van der Waals surface area contributed by atoms with E-state index in [1.54, 1.807) is 0 Å². The van der Waals surface area contributed by atoms with Crippen molar-refractivity contribution in [2.24, 2.45) is 0 Å². The lowest BCUT2D eigenvalue weighted by Gasteiger charge is -2.09. The molecule has 3 N–H and O–H groups in total. The first kappa shape index (κ1) is 17.7. The number of ketones is 1. The minimum Gasteiger partial charge on any atom is -0.506 e. The molecule has 1 aromatic carbocycles. The third kappa shape index (κ3) is 3.50. The Morgan fingerprint density at radius 2 is 1.68 bits per heavy atom. The molecule has 2 aromatic rings. The number of ether oxygens (including phenoxy) is 1. The number of nitrogens with one attached hydrogen (secondary N) is 1. The minimum absolute atomic E-state index is 0.215. The van der Waals surface area contributed by atoms with Gasteiger partial charge >= 0.3 is 17.5 Å². The molecule has 9 heteroatoms. The summed E-state index contributed by atoms with van der Waals surface area (Å²) in [5.74, 6) is -4.53. The zero-order valence-electron chi connectivity index (χ0n) is 13.2. The quantitative estimate of drug-likeness (QED) is 0.554. The SMILES string of the molecule is COC(=O)c1ccc(NC(=O)c2c(O)oc(=O)c(C(C)=O)c2O)cc1. The Morgan fingerprint density at radius 3 is 2.20 bits per heavy atom. The van der Waals surface area contributed by atoms with Crippen molar-refractivity contribution in [3.05, 3.63) is 51.4 Å². The smallest absolute Gasteiger partial charge is 0.353 e. The lowest BCUT2D eigenvalue weighted by molar-refractivity contribution is 0.0600. The van der Waals surface area contributed by atoms with Crippen LogP contribution in [-0.4, -0.2) is 35.0 Å². The maximum absolute atomic E-state index is 12.2. The van der Waals surface area contributed by atoms with Crippen molar-refractivity contribution in [2.75, 3.05) is 12.4 Å². The Bertz CT molecular complexity index is 911. The van der Waals surface area contributed by atoms with Crippen LogP contribution in [0.15, 0.2) is 33.5 Å². The van der Waals surface area contributed by atoms with Gasteiger partial charge in [0.1, 0.15) is 5.56 Å². The summed E-state index contributed by atoms with van der Waals surface area (Å²) in [6.45, 7) is 0.996. The van der Waals surface area contributed by atoms with Crippen molar-refractivity contribution in [3.8, 4) is 11.7 Å². The van der Waals surface area contributed by atoms with Gasteiger partial charge in [-0.25, -0.2) is 9.59 Å². The second-order valence-electron chi connectivity index (χ2n) is 4.87. The van der Waals surface area contributed by atoms with E-state index in [4.69, 9.17) is 0 Å². The highest BCUT2D eigenvalue weighted by atomic mass is 16.5. The van der Waals surface area contributed by atoms with Crippen LogP contribution in [0.2, 0.25) is 0 Å². The highest BCUT2D eigenvalue weighted by Crippen LogP contribution is 2.29.